The molecule has 0 saturated carbocycles. The number of hydrogen-bond donors (Lipinski definition) is 2. The first-order chi connectivity index (χ1) is 12.1. The fourth-order valence-electron chi connectivity index (χ4n) is 2.47. The molecule has 0 radical (unpaired) electrons. The second kappa shape index (κ2) is 6.30. The van der Waals surface area contributed by atoms with Crippen molar-refractivity contribution in [2.75, 3.05) is 17.7 Å². The van der Waals surface area contributed by atoms with Crippen molar-refractivity contribution in [1.29, 1.82) is 0 Å². The Labute approximate surface area is 151 Å². The minimum atomic E-state index is -0.338. The van der Waals surface area contributed by atoms with Gasteiger partial charge in [-0.2, -0.15) is 0 Å². The zero-order chi connectivity index (χ0) is 17.4. The van der Waals surface area contributed by atoms with Crippen LogP contribution in [0.5, 0.6) is 5.75 Å². The second-order valence-electron chi connectivity index (χ2n) is 5.32. The summed E-state index contributed by atoms with van der Waals surface area (Å²) in [5.74, 6) is 0.736. The van der Waals surface area contributed by atoms with E-state index in [0.717, 1.165) is 31.2 Å². The van der Waals surface area contributed by atoms with Crippen molar-refractivity contribution < 1.29 is 9.53 Å². The summed E-state index contributed by atoms with van der Waals surface area (Å²) in [4.78, 5) is 21.2. The first kappa shape index (κ1) is 15.8. The van der Waals surface area contributed by atoms with Crippen molar-refractivity contribution in [2.24, 2.45) is 0 Å². The molecule has 0 aliphatic carbocycles. The van der Waals surface area contributed by atoms with Crippen LogP contribution in [0, 0.1) is 6.92 Å². The molecular formula is C17H14N4O2S2. The second-order valence-corrected chi connectivity index (χ2v) is 7.55. The largest absolute Gasteiger partial charge is 0.497 e. The molecule has 2 aromatic heterocycles. The third kappa shape index (κ3) is 3.13. The molecule has 0 saturated heterocycles. The Morgan fingerprint density at radius 1 is 1.04 bits per heavy atom. The number of carbonyl (C=O) groups is 1. The topological polar surface area (TPSA) is 76.1 Å². The molecule has 0 atom stereocenters. The molecule has 0 spiro atoms. The highest BCUT2D eigenvalue weighted by atomic mass is 32.1. The maximum Gasteiger partial charge on any atom is 0.325 e. The van der Waals surface area contributed by atoms with Gasteiger partial charge in [0, 0.05) is 5.69 Å². The third-order valence-corrected chi connectivity index (χ3v) is 5.52. The predicted molar refractivity (Wildman–Crippen MR) is 103 cm³/mol. The molecule has 2 heterocycles. The lowest BCUT2D eigenvalue weighted by atomic mass is 10.3. The maximum absolute atomic E-state index is 12.2. The number of hydrogen-bond acceptors (Lipinski definition) is 6. The molecule has 126 valence electrons. The van der Waals surface area contributed by atoms with Crippen molar-refractivity contribution in [1.82, 2.24) is 9.97 Å². The first-order valence-electron chi connectivity index (χ1n) is 7.51. The Morgan fingerprint density at radius 3 is 2.60 bits per heavy atom. The normalized spacial score (nSPS) is 11.0. The summed E-state index contributed by atoms with van der Waals surface area (Å²) in [6.45, 7) is 1.99. The number of aryl methyl sites for hydroxylation is 1. The predicted octanol–water partition coefficient (Wildman–Crippen LogP) is 4.87. The Balaban J connectivity index is 1.55. The number of rotatable bonds is 3. The maximum atomic E-state index is 12.2. The van der Waals surface area contributed by atoms with E-state index in [-0.39, 0.29) is 6.03 Å². The lowest BCUT2D eigenvalue weighted by molar-refractivity contribution is 0.262. The lowest BCUT2D eigenvalue weighted by Gasteiger charge is -2.06. The summed E-state index contributed by atoms with van der Waals surface area (Å²) in [6.07, 6.45) is 0. The SMILES string of the molecule is COc1ccc(NC(=O)Nc2nc3ccc4sc(C)nc4c3s2)cc1. The van der Waals surface area contributed by atoms with Crippen LogP contribution >= 0.6 is 22.7 Å². The smallest absolute Gasteiger partial charge is 0.325 e. The van der Waals surface area contributed by atoms with Crippen molar-refractivity contribution in [2.45, 2.75) is 6.92 Å². The molecule has 6 nitrogen and oxygen atoms in total. The van der Waals surface area contributed by atoms with Gasteiger partial charge >= 0.3 is 6.03 Å². The molecule has 0 aliphatic heterocycles. The van der Waals surface area contributed by atoms with Crippen LogP contribution in [0.25, 0.3) is 20.4 Å². The summed E-state index contributed by atoms with van der Waals surface area (Å²) in [7, 11) is 1.60. The highest BCUT2D eigenvalue weighted by Crippen LogP contribution is 2.34. The number of ether oxygens (including phenoxy) is 1. The van der Waals surface area contributed by atoms with Gasteiger partial charge in [0.1, 0.15) is 11.3 Å². The molecule has 4 aromatic rings. The highest BCUT2D eigenvalue weighted by molar-refractivity contribution is 7.24. The van der Waals surface area contributed by atoms with E-state index in [4.69, 9.17) is 4.74 Å². The van der Waals surface area contributed by atoms with Crippen LogP contribution in [0.15, 0.2) is 36.4 Å². The summed E-state index contributed by atoms with van der Waals surface area (Å²) in [5.41, 5.74) is 2.46. The molecule has 0 bridgehead atoms. The molecule has 0 aliphatic rings. The minimum absolute atomic E-state index is 0.338. The van der Waals surface area contributed by atoms with Gasteiger partial charge in [-0.15, -0.1) is 11.3 Å². The van der Waals surface area contributed by atoms with Gasteiger partial charge in [-0.25, -0.2) is 14.8 Å². The molecule has 8 heteroatoms. The zero-order valence-corrected chi connectivity index (χ0v) is 15.1. The van der Waals surface area contributed by atoms with Crippen LogP contribution in [0.4, 0.5) is 15.6 Å². The molecular weight excluding hydrogens is 356 g/mol. The Hall–Kier alpha value is -2.71. The van der Waals surface area contributed by atoms with Crippen LogP contribution in [0.3, 0.4) is 0 Å². The van der Waals surface area contributed by atoms with Crippen LogP contribution in [0.1, 0.15) is 5.01 Å². The van der Waals surface area contributed by atoms with E-state index >= 15 is 0 Å². The summed E-state index contributed by atoms with van der Waals surface area (Å²) < 4.78 is 7.21. The van der Waals surface area contributed by atoms with Gasteiger partial charge in [-0.05, 0) is 43.3 Å². The monoisotopic (exact) mass is 370 g/mol. The van der Waals surface area contributed by atoms with Gasteiger partial charge in [0.15, 0.2) is 5.13 Å². The van der Waals surface area contributed by atoms with Crippen LogP contribution in [0.2, 0.25) is 0 Å². The fraction of sp³-hybridized carbons (Fsp3) is 0.118. The van der Waals surface area contributed by atoms with Gasteiger partial charge < -0.3 is 10.1 Å². The molecule has 2 amide bonds. The molecule has 0 fully saturated rings. The fourth-order valence-corrected chi connectivity index (χ4v) is 4.33. The van der Waals surface area contributed by atoms with E-state index in [9.17, 15) is 4.79 Å². The summed E-state index contributed by atoms with van der Waals surface area (Å²) in [6, 6.07) is 10.8. The Bertz CT molecular complexity index is 1070. The number of amides is 2. The van der Waals surface area contributed by atoms with Crippen molar-refractivity contribution in [3.8, 4) is 5.75 Å². The average Bonchev–Trinajstić information content (AvgIpc) is 3.17. The first-order valence-corrected chi connectivity index (χ1v) is 9.14. The number of methoxy groups -OCH3 is 1. The third-order valence-electron chi connectivity index (χ3n) is 3.59. The number of aromatic nitrogens is 2. The summed E-state index contributed by atoms with van der Waals surface area (Å²) in [5, 5.41) is 7.11. The van der Waals surface area contributed by atoms with Crippen molar-refractivity contribution in [3.05, 3.63) is 41.4 Å². The van der Waals surface area contributed by atoms with E-state index in [0.29, 0.717) is 10.8 Å². The Morgan fingerprint density at radius 2 is 1.84 bits per heavy atom. The van der Waals surface area contributed by atoms with E-state index in [1.54, 1.807) is 42.7 Å². The quantitative estimate of drug-likeness (QED) is 0.539. The van der Waals surface area contributed by atoms with Crippen LogP contribution < -0.4 is 15.4 Å². The van der Waals surface area contributed by atoms with E-state index < -0.39 is 0 Å². The molecule has 2 aromatic carbocycles. The van der Waals surface area contributed by atoms with E-state index in [1.807, 2.05) is 19.1 Å². The molecule has 2 N–H and O–H groups in total. The van der Waals surface area contributed by atoms with Gasteiger partial charge in [-0.1, -0.05) is 11.3 Å². The number of benzene rings is 2. The average molecular weight is 370 g/mol. The number of urea groups is 1. The summed E-state index contributed by atoms with van der Waals surface area (Å²) >= 11 is 3.08. The van der Waals surface area contributed by atoms with Gasteiger partial charge in [0.05, 0.1) is 27.0 Å². The van der Waals surface area contributed by atoms with Crippen molar-refractivity contribution >= 4 is 60.0 Å². The number of anilines is 2. The molecule has 25 heavy (non-hydrogen) atoms. The standard InChI is InChI=1S/C17H14N4O2S2/c1-9-18-14-13(24-9)8-7-12-15(14)25-17(20-12)21-16(22)19-10-3-5-11(23-2)6-4-10/h3-8H,1-2H3,(H2,19,20,21,22). The van der Waals surface area contributed by atoms with Crippen LogP contribution in [-0.4, -0.2) is 23.1 Å². The van der Waals surface area contributed by atoms with Gasteiger partial charge in [-0.3, -0.25) is 5.32 Å². The number of nitrogens with one attached hydrogen (secondary N) is 2. The minimum Gasteiger partial charge on any atom is -0.497 e. The Kier molecular flexibility index (Phi) is 3.98. The molecule has 4 rings (SSSR count). The van der Waals surface area contributed by atoms with Gasteiger partial charge in [0.25, 0.3) is 0 Å². The molecule has 0 unspecified atom stereocenters. The van der Waals surface area contributed by atoms with Crippen LogP contribution in [-0.2, 0) is 0 Å². The zero-order valence-electron chi connectivity index (χ0n) is 13.5. The van der Waals surface area contributed by atoms with Crippen molar-refractivity contribution in [3.63, 3.8) is 0 Å². The number of nitrogens with zero attached hydrogens (tertiary/aromatic N) is 2. The van der Waals surface area contributed by atoms with E-state index in [2.05, 4.69) is 20.6 Å². The number of fused-ring (bicyclic) bond motifs is 3. The number of carbonyl (C=O) groups excluding carboxylic acids is 1. The highest BCUT2D eigenvalue weighted by Gasteiger charge is 2.12. The lowest BCUT2D eigenvalue weighted by Crippen LogP contribution is -2.19. The van der Waals surface area contributed by atoms with Gasteiger partial charge in [0.2, 0.25) is 0 Å². The van der Waals surface area contributed by atoms with E-state index in [1.165, 1.54) is 11.3 Å². The number of thiazole rings is 2.